The summed E-state index contributed by atoms with van der Waals surface area (Å²) >= 11 is 0.828. The molecule has 1 heterocycles. The number of phenolic OH excluding ortho intramolecular Hbond substituents is 2. The lowest BCUT2D eigenvalue weighted by Gasteiger charge is -2.08. The Balaban J connectivity index is 2.05. The van der Waals surface area contributed by atoms with E-state index in [2.05, 4.69) is 15.5 Å². The number of tetrazole rings is 1. The van der Waals surface area contributed by atoms with Crippen molar-refractivity contribution in [1.29, 1.82) is 0 Å². The molecule has 9 nitrogen and oxygen atoms in total. The van der Waals surface area contributed by atoms with Gasteiger partial charge in [-0.15, -0.1) is 5.10 Å². The molecule has 0 aliphatic rings. The highest BCUT2D eigenvalue weighted by atomic mass is 32.2. The van der Waals surface area contributed by atoms with E-state index in [9.17, 15) is 18.6 Å². The lowest BCUT2D eigenvalue weighted by Crippen LogP contribution is -2.00. The normalized spacial score (nSPS) is 11.5. The van der Waals surface area contributed by atoms with Gasteiger partial charge in [0.15, 0.2) is 11.5 Å². The minimum absolute atomic E-state index is 0.0328. The molecule has 24 heavy (non-hydrogen) atoms. The molecule has 3 N–H and O–H groups in total. The second kappa shape index (κ2) is 6.11. The minimum Gasteiger partial charge on any atom is -0.504 e. The SMILES string of the molecule is O=S(=O)(O)c1cc(O)c(O)c(Sc2nnnn2-c2ccccc2)c1. The van der Waals surface area contributed by atoms with E-state index in [0.29, 0.717) is 5.69 Å². The molecule has 0 atom stereocenters. The number of rotatable bonds is 4. The summed E-state index contributed by atoms with van der Waals surface area (Å²) in [4.78, 5) is -0.589. The molecule has 0 saturated carbocycles. The summed E-state index contributed by atoms with van der Waals surface area (Å²) in [7, 11) is -4.55. The van der Waals surface area contributed by atoms with Crippen LogP contribution in [0.1, 0.15) is 0 Å². The number of phenols is 2. The number of hydrogen-bond acceptors (Lipinski definition) is 8. The molecule has 0 fully saturated rings. The molecule has 0 bridgehead atoms. The van der Waals surface area contributed by atoms with Crippen LogP contribution >= 0.6 is 11.8 Å². The Labute approximate surface area is 140 Å². The van der Waals surface area contributed by atoms with Crippen molar-refractivity contribution in [3.05, 3.63) is 42.5 Å². The highest BCUT2D eigenvalue weighted by Crippen LogP contribution is 2.41. The van der Waals surface area contributed by atoms with Crippen molar-refractivity contribution in [2.75, 3.05) is 0 Å². The quantitative estimate of drug-likeness (QED) is 0.462. The first-order valence-corrected chi connectivity index (χ1v) is 8.67. The second-order valence-electron chi connectivity index (χ2n) is 4.58. The van der Waals surface area contributed by atoms with Gasteiger partial charge in [-0.1, -0.05) is 18.2 Å². The van der Waals surface area contributed by atoms with E-state index in [-0.39, 0.29) is 10.1 Å². The summed E-state index contributed by atoms with van der Waals surface area (Å²) < 4.78 is 33.0. The fourth-order valence-electron chi connectivity index (χ4n) is 1.87. The minimum atomic E-state index is -4.55. The van der Waals surface area contributed by atoms with Gasteiger partial charge in [0.1, 0.15) is 0 Å². The molecule has 0 unspecified atom stereocenters. The summed E-state index contributed by atoms with van der Waals surface area (Å²) in [6.45, 7) is 0. The van der Waals surface area contributed by atoms with Crippen LogP contribution in [-0.4, -0.2) is 43.4 Å². The van der Waals surface area contributed by atoms with Crippen molar-refractivity contribution >= 4 is 21.9 Å². The average Bonchev–Trinajstić information content (AvgIpc) is 2.99. The summed E-state index contributed by atoms with van der Waals surface area (Å²) in [6.07, 6.45) is 0. The third-order valence-electron chi connectivity index (χ3n) is 2.97. The zero-order valence-corrected chi connectivity index (χ0v) is 13.4. The highest BCUT2D eigenvalue weighted by Gasteiger charge is 2.20. The highest BCUT2D eigenvalue weighted by molar-refractivity contribution is 7.99. The molecule has 0 aliphatic carbocycles. The van der Waals surface area contributed by atoms with Gasteiger partial charge in [-0.25, -0.2) is 0 Å². The first-order chi connectivity index (χ1) is 11.4. The zero-order chi connectivity index (χ0) is 17.3. The van der Waals surface area contributed by atoms with Crippen LogP contribution in [0.3, 0.4) is 0 Å². The van der Waals surface area contributed by atoms with Crippen molar-refractivity contribution in [3.8, 4) is 17.2 Å². The van der Waals surface area contributed by atoms with Crippen LogP contribution in [0.2, 0.25) is 0 Å². The molecular weight excluding hydrogens is 356 g/mol. The van der Waals surface area contributed by atoms with Crippen LogP contribution in [-0.2, 0) is 10.1 Å². The Morgan fingerprint density at radius 3 is 2.46 bits per heavy atom. The van der Waals surface area contributed by atoms with E-state index >= 15 is 0 Å². The number of nitrogens with zero attached hydrogens (tertiary/aromatic N) is 4. The Kier molecular flexibility index (Phi) is 4.13. The van der Waals surface area contributed by atoms with Gasteiger partial charge >= 0.3 is 0 Å². The molecule has 0 amide bonds. The van der Waals surface area contributed by atoms with Crippen molar-refractivity contribution in [2.45, 2.75) is 14.9 Å². The summed E-state index contributed by atoms with van der Waals surface area (Å²) in [5.74, 6) is -1.23. The van der Waals surface area contributed by atoms with E-state index in [1.807, 2.05) is 6.07 Å². The van der Waals surface area contributed by atoms with E-state index < -0.39 is 26.5 Å². The Hall–Kier alpha value is -2.63. The maximum absolute atomic E-state index is 11.2. The number of benzene rings is 2. The lowest BCUT2D eigenvalue weighted by molar-refractivity contribution is 0.392. The average molecular weight is 366 g/mol. The van der Waals surface area contributed by atoms with E-state index in [0.717, 1.165) is 23.9 Å². The Morgan fingerprint density at radius 2 is 1.79 bits per heavy atom. The monoisotopic (exact) mass is 366 g/mol. The van der Waals surface area contributed by atoms with Crippen LogP contribution < -0.4 is 0 Å². The molecule has 2 aromatic carbocycles. The van der Waals surface area contributed by atoms with E-state index in [1.54, 1.807) is 24.3 Å². The fourth-order valence-corrected chi connectivity index (χ4v) is 3.36. The van der Waals surface area contributed by atoms with Crippen LogP contribution in [0.5, 0.6) is 11.5 Å². The molecule has 0 saturated heterocycles. The number of aromatic nitrogens is 4. The van der Waals surface area contributed by atoms with Crippen LogP contribution in [0, 0.1) is 0 Å². The molecule has 0 aliphatic heterocycles. The van der Waals surface area contributed by atoms with Gasteiger partial charge in [0.2, 0.25) is 5.16 Å². The first kappa shape index (κ1) is 16.2. The second-order valence-corrected chi connectivity index (χ2v) is 7.01. The van der Waals surface area contributed by atoms with Crippen molar-refractivity contribution in [3.63, 3.8) is 0 Å². The molecule has 3 rings (SSSR count). The van der Waals surface area contributed by atoms with Gasteiger partial charge < -0.3 is 10.2 Å². The van der Waals surface area contributed by atoms with Gasteiger partial charge in [-0.05, 0) is 40.4 Å². The third-order valence-corrected chi connectivity index (χ3v) is 4.77. The maximum atomic E-state index is 11.2. The topological polar surface area (TPSA) is 138 Å². The standard InChI is InChI=1S/C13H10N4O5S2/c18-10-6-9(24(20,21)22)7-11(12(10)19)23-13-14-15-16-17(13)8-4-2-1-3-5-8/h1-7,18-19H,(H,20,21,22). The molecule has 1 aromatic heterocycles. The maximum Gasteiger partial charge on any atom is 0.294 e. The van der Waals surface area contributed by atoms with E-state index in [4.69, 9.17) is 4.55 Å². The lowest BCUT2D eigenvalue weighted by atomic mass is 10.3. The van der Waals surface area contributed by atoms with Crippen LogP contribution in [0.25, 0.3) is 5.69 Å². The summed E-state index contributed by atoms with van der Waals surface area (Å²) in [5, 5.41) is 31.0. The number of aromatic hydroxyl groups is 2. The Morgan fingerprint density at radius 1 is 1.08 bits per heavy atom. The van der Waals surface area contributed by atoms with Gasteiger partial charge in [-0.2, -0.15) is 13.1 Å². The van der Waals surface area contributed by atoms with Gasteiger partial charge in [0, 0.05) is 6.07 Å². The van der Waals surface area contributed by atoms with Crippen molar-refractivity contribution < 1.29 is 23.2 Å². The molecule has 0 radical (unpaired) electrons. The van der Waals surface area contributed by atoms with Crippen LogP contribution in [0.15, 0.2) is 57.4 Å². The molecular formula is C13H10N4O5S2. The molecule has 0 spiro atoms. The first-order valence-electron chi connectivity index (χ1n) is 6.41. The smallest absolute Gasteiger partial charge is 0.294 e. The number of hydrogen-bond donors (Lipinski definition) is 3. The van der Waals surface area contributed by atoms with Gasteiger partial charge in [0.25, 0.3) is 10.1 Å². The fraction of sp³-hybridized carbons (Fsp3) is 0. The predicted molar refractivity (Wildman–Crippen MR) is 82.9 cm³/mol. The Bertz CT molecular complexity index is 989. The van der Waals surface area contributed by atoms with Crippen molar-refractivity contribution in [1.82, 2.24) is 20.2 Å². The molecule has 11 heteroatoms. The molecule has 3 aromatic rings. The third kappa shape index (κ3) is 3.18. The van der Waals surface area contributed by atoms with Crippen molar-refractivity contribution in [2.24, 2.45) is 0 Å². The van der Waals surface area contributed by atoms with Gasteiger partial charge in [0.05, 0.1) is 15.5 Å². The van der Waals surface area contributed by atoms with E-state index in [1.165, 1.54) is 4.68 Å². The number of para-hydroxylation sites is 1. The van der Waals surface area contributed by atoms with Crippen LogP contribution in [0.4, 0.5) is 0 Å². The zero-order valence-electron chi connectivity index (χ0n) is 11.8. The van der Waals surface area contributed by atoms with Gasteiger partial charge in [-0.3, -0.25) is 4.55 Å². The largest absolute Gasteiger partial charge is 0.504 e. The summed E-state index contributed by atoms with van der Waals surface area (Å²) in [5.41, 5.74) is 0.652. The predicted octanol–water partition coefficient (Wildman–Crippen LogP) is 1.47. The molecule has 124 valence electrons. The summed E-state index contributed by atoms with van der Waals surface area (Å²) in [6, 6.07) is 10.7.